The number of anilines is 1. The molecule has 3 aromatic rings. The van der Waals surface area contributed by atoms with Crippen molar-refractivity contribution < 1.29 is 9.13 Å². The zero-order valence-corrected chi connectivity index (χ0v) is 23.1. The molecule has 2 N–H and O–H groups in total. The van der Waals surface area contributed by atoms with Crippen molar-refractivity contribution in [1.29, 1.82) is 0 Å². The second kappa shape index (κ2) is 12.9. The second-order valence-corrected chi connectivity index (χ2v) is 8.92. The van der Waals surface area contributed by atoms with E-state index < -0.39 is 0 Å². The number of aromatic nitrogens is 1. The van der Waals surface area contributed by atoms with E-state index >= 15 is 0 Å². The number of nitrogen functional groups attached to an aromatic ring is 1. The van der Waals surface area contributed by atoms with Crippen LogP contribution < -0.4 is 5.73 Å². The van der Waals surface area contributed by atoms with Gasteiger partial charge < -0.3 is 15.0 Å². The van der Waals surface area contributed by atoms with E-state index in [1.165, 1.54) is 5.69 Å². The maximum absolute atomic E-state index is 14.0. The highest BCUT2D eigenvalue weighted by Gasteiger charge is 2.20. The third-order valence-electron chi connectivity index (χ3n) is 6.32. The van der Waals surface area contributed by atoms with Crippen LogP contribution in [-0.2, 0) is 4.74 Å². The number of nitrogens with zero attached hydrogens (tertiary/aromatic N) is 2. The van der Waals surface area contributed by atoms with Gasteiger partial charge in [0.1, 0.15) is 12.0 Å². The fourth-order valence-corrected chi connectivity index (χ4v) is 4.44. The molecule has 1 fully saturated rings. The first-order valence-electron chi connectivity index (χ1n) is 13.1. The van der Waals surface area contributed by atoms with Crippen LogP contribution in [0.2, 0.25) is 0 Å². The topological polar surface area (TPSA) is 52.5 Å². The molecule has 4 rings (SSSR count). The van der Waals surface area contributed by atoms with Gasteiger partial charge in [0.25, 0.3) is 0 Å². The Labute approximate surface area is 211 Å². The van der Waals surface area contributed by atoms with E-state index in [2.05, 4.69) is 37.5 Å². The van der Waals surface area contributed by atoms with Crippen molar-refractivity contribution in [3.8, 4) is 5.69 Å². The Kier molecular flexibility index (Phi) is 10.5. The average molecular weight is 482 g/mol. The summed E-state index contributed by atoms with van der Waals surface area (Å²) in [4.78, 5) is 4.84. The van der Waals surface area contributed by atoms with Gasteiger partial charge in [0.2, 0.25) is 0 Å². The zero-order valence-electron chi connectivity index (χ0n) is 23.1. The molecule has 0 bridgehead atoms. The molecule has 0 spiro atoms. The maximum atomic E-state index is 14.0. The van der Waals surface area contributed by atoms with Gasteiger partial charge in [-0.25, -0.2) is 4.39 Å². The van der Waals surface area contributed by atoms with Crippen LogP contribution in [-0.4, -0.2) is 23.1 Å². The molecule has 5 heteroatoms. The molecule has 2 heterocycles. The molecule has 1 saturated heterocycles. The number of ether oxygens (including phenoxy) is 1. The normalized spacial score (nSPS) is 16.0. The number of hydrogen-bond acceptors (Lipinski definition) is 3. The zero-order chi connectivity index (χ0) is 26.3. The number of hydrogen-bond donors (Lipinski definition) is 1. The summed E-state index contributed by atoms with van der Waals surface area (Å²) in [5, 5.41) is 1.12. The number of aliphatic imine (C=N–C) groups is 1. The van der Waals surface area contributed by atoms with Crippen molar-refractivity contribution in [3.63, 3.8) is 0 Å². The largest absolute Gasteiger partial charge is 0.398 e. The predicted octanol–water partition coefficient (Wildman–Crippen LogP) is 8.48. The summed E-state index contributed by atoms with van der Waals surface area (Å²) < 4.78 is 22.0. The lowest BCUT2D eigenvalue weighted by molar-refractivity contribution is 0.0224. The Morgan fingerprint density at radius 2 is 1.77 bits per heavy atom. The number of fused-ring (bicyclic) bond motifs is 1. The number of halogens is 1. The van der Waals surface area contributed by atoms with E-state index in [-0.39, 0.29) is 12.0 Å². The lowest BCUT2D eigenvalue weighted by atomic mass is 10.0. The van der Waals surface area contributed by atoms with Gasteiger partial charge in [-0.15, -0.1) is 0 Å². The van der Waals surface area contributed by atoms with Gasteiger partial charge in [0, 0.05) is 40.3 Å². The smallest absolute Gasteiger partial charge is 0.148 e. The standard InChI is InChI=1S/C26H32FN3O.2C2H6/c1-15(2)23-13-20-17(4)26(28)21(18(5)29-25-8-6-7-11-31-25)14-24(20)30(23)19-9-10-22(27)16(3)12-19;2*1-2/h9-10,12-15,25H,6-8,11,28H2,1-5H3;2*1-2H3/b29-18+;;. The molecule has 1 aliphatic rings. The number of nitrogens with two attached hydrogens (primary N) is 1. The number of rotatable bonds is 4. The Morgan fingerprint density at radius 1 is 1.09 bits per heavy atom. The minimum Gasteiger partial charge on any atom is -0.398 e. The van der Waals surface area contributed by atoms with Crippen LogP contribution in [0, 0.1) is 19.7 Å². The fraction of sp³-hybridized carbons (Fsp3) is 0.500. The summed E-state index contributed by atoms with van der Waals surface area (Å²) in [7, 11) is 0. The molecule has 1 aliphatic heterocycles. The molecule has 35 heavy (non-hydrogen) atoms. The van der Waals surface area contributed by atoms with Crippen molar-refractivity contribution in [1.82, 2.24) is 4.57 Å². The highest BCUT2D eigenvalue weighted by Crippen LogP contribution is 2.35. The predicted molar refractivity (Wildman–Crippen MR) is 150 cm³/mol. The van der Waals surface area contributed by atoms with Crippen LogP contribution in [0.25, 0.3) is 16.6 Å². The summed E-state index contributed by atoms with van der Waals surface area (Å²) in [6.07, 6.45) is 3.09. The fourth-order valence-electron chi connectivity index (χ4n) is 4.44. The van der Waals surface area contributed by atoms with E-state index in [0.717, 1.165) is 65.0 Å². The van der Waals surface area contributed by atoms with Crippen molar-refractivity contribution >= 4 is 22.3 Å². The molecular weight excluding hydrogens is 437 g/mol. The Bertz CT molecular complexity index is 1150. The van der Waals surface area contributed by atoms with Crippen LogP contribution in [0.1, 0.15) is 96.0 Å². The highest BCUT2D eigenvalue weighted by molar-refractivity contribution is 6.08. The van der Waals surface area contributed by atoms with Crippen LogP contribution in [0.5, 0.6) is 0 Å². The lowest BCUT2D eigenvalue weighted by Gasteiger charge is -2.20. The Balaban J connectivity index is 0.00000103. The van der Waals surface area contributed by atoms with Gasteiger partial charge in [-0.2, -0.15) is 0 Å². The molecule has 1 aromatic heterocycles. The quantitative estimate of drug-likeness (QED) is 0.300. The monoisotopic (exact) mass is 481 g/mol. The maximum Gasteiger partial charge on any atom is 0.148 e. The lowest BCUT2D eigenvalue weighted by Crippen LogP contribution is -2.18. The molecule has 2 aromatic carbocycles. The molecular formula is C30H44FN3O. The van der Waals surface area contributed by atoms with E-state index in [0.29, 0.717) is 11.5 Å². The highest BCUT2D eigenvalue weighted by atomic mass is 19.1. The van der Waals surface area contributed by atoms with Crippen LogP contribution in [0.3, 0.4) is 0 Å². The van der Waals surface area contributed by atoms with Gasteiger partial charge in [-0.1, -0.05) is 41.5 Å². The third-order valence-corrected chi connectivity index (χ3v) is 6.32. The summed E-state index contributed by atoms with van der Waals surface area (Å²) in [5.74, 6) is 0.107. The van der Waals surface area contributed by atoms with Crippen molar-refractivity contribution in [2.24, 2.45) is 4.99 Å². The first-order chi connectivity index (χ1) is 16.8. The van der Waals surface area contributed by atoms with Crippen LogP contribution in [0.4, 0.5) is 10.1 Å². The van der Waals surface area contributed by atoms with Crippen molar-refractivity contribution in [2.75, 3.05) is 12.3 Å². The molecule has 0 aliphatic carbocycles. The van der Waals surface area contributed by atoms with Gasteiger partial charge >= 0.3 is 0 Å². The minimum atomic E-state index is -0.192. The van der Waals surface area contributed by atoms with Crippen molar-refractivity contribution in [3.05, 3.63) is 58.5 Å². The second-order valence-electron chi connectivity index (χ2n) is 8.92. The minimum absolute atomic E-state index is 0.0955. The summed E-state index contributed by atoms with van der Waals surface area (Å²) in [6, 6.07) is 9.63. The van der Waals surface area contributed by atoms with E-state index in [1.54, 1.807) is 13.0 Å². The van der Waals surface area contributed by atoms with Crippen LogP contribution >= 0.6 is 0 Å². The molecule has 192 valence electrons. The first-order valence-corrected chi connectivity index (χ1v) is 13.1. The molecule has 0 saturated carbocycles. The number of benzene rings is 2. The molecule has 0 radical (unpaired) electrons. The van der Waals surface area contributed by atoms with E-state index in [1.807, 2.05) is 46.8 Å². The van der Waals surface area contributed by atoms with E-state index in [9.17, 15) is 4.39 Å². The summed E-state index contributed by atoms with van der Waals surface area (Å²) in [6.45, 7) is 19.0. The molecule has 0 amide bonds. The summed E-state index contributed by atoms with van der Waals surface area (Å²) >= 11 is 0. The SMILES string of the molecule is C/C(=N\C1CCCCO1)c1cc2c(cc(C(C)C)n2-c2ccc(F)c(C)c2)c(C)c1N.CC.CC. The van der Waals surface area contributed by atoms with Gasteiger partial charge in [0.15, 0.2) is 0 Å². The Hall–Kier alpha value is -2.66. The van der Waals surface area contributed by atoms with Gasteiger partial charge in [-0.3, -0.25) is 4.99 Å². The third kappa shape index (κ3) is 6.13. The number of aryl methyl sites for hydroxylation is 2. The molecule has 1 atom stereocenters. The summed E-state index contributed by atoms with van der Waals surface area (Å²) in [5.41, 5.74) is 14.1. The van der Waals surface area contributed by atoms with Gasteiger partial charge in [0.05, 0.1) is 5.52 Å². The van der Waals surface area contributed by atoms with Crippen molar-refractivity contribution in [2.45, 2.75) is 93.7 Å². The average Bonchev–Trinajstić information content (AvgIpc) is 3.26. The molecule has 1 unspecified atom stereocenters. The van der Waals surface area contributed by atoms with Crippen LogP contribution in [0.15, 0.2) is 35.3 Å². The van der Waals surface area contributed by atoms with E-state index in [4.69, 9.17) is 15.5 Å². The molecule has 4 nitrogen and oxygen atoms in total. The van der Waals surface area contributed by atoms with Gasteiger partial charge in [-0.05, 0) is 87.4 Å². The first kappa shape index (κ1) is 28.6. The Morgan fingerprint density at radius 3 is 2.34 bits per heavy atom.